The third-order valence-corrected chi connectivity index (χ3v) is 2.77. The standard InChI is InChI=1S/C14H21NO/c1-14(2,3)16-12-8-6-11(7-9-12)13-5-4-10-15-13/h6-9,13,15H,4-5,10H2,1-3H3/t13-/m0/s1. The molecule has 1 aromatic carbocycles. The van der Waals surface area contributed by atoms with Crippen molar-refractivity contribution >= 4 is 0 Å². The highest BCUT2D eigenvalue weighted by molar-refractivity contribution is 5.30. The van der Waals surface area contributed by atoms with Crippen LogP contribution in [0.25, 0.3) is 0 Å². The largest absolute Gasteiger partial charge is 0.488 e. The highest BCUT2D eigenvalue weighted by atomic mass is 16.5. The molecule has 1 atom stereocenters. The lowest BCUT2D eigenvalue weighted by Gasteiger charge is -2.21. The van der Waals surface area contributed by atoms with E-state index in [1.54, 1.807) is 0 Å². The first kappa shape index (κ1) is 11.5. The maximum absolute atomic E-state index is 5.80. The van der Waals surface area contributed by atoms with Crippen LogP contribution in [0.5, 0.6) is 5.75 Å². The average Bonchev–Trinajstić information content (AvgIpc) is 2.69. The van der Waals surface area contributed by atoms with Gasteiger partial charge < -0.3 is 10.1 Å². The molecular formula is C14H21NO. The number of benzene rings is 1. The van der Waals surface area contributed by atoms with Gasteiger partial charge in [-0.3, -0.25) is 0 Å². The predicted molar refractivity (Wildman–Crippen MR) is 66.8 cm³/mol. The zero-order chi connectivity index (χ0) is 11.6. The monoisotopic (exact) mass is 219 g/mol. The van der Waals surface area contributed by atoms with E-state index in [9.17, 15) is 0 Å². The minimum Gasteiger partial charge on any atom is -0.488 e. The molecule has 16 heavy (non-hydrogen) atoms. The van der Waals surface area contributed by atoms with Crippen LogP contribution in [-0.4, -0.2) is 12.1 Å². The van der Waals surface area contributed by atoms with Gasteiger partial charge in [-0.2, -0.15) is 0 Å². The normalized spacial score (nSPS) is 21.1. The second-order valence-electron chi connectivity index (χ2n) is 5.43. The molecule has 1 aliphatic heterocycles. The molecular weight excluding hydrogens is 198 g/mol. The molecule has 2 rings (SSSR count). The average molecular weight is 219 g/mol. The van der Waals surface area contributed by atoms with E-state index < -0.39 is 0 Å². The van der Waals surface area contributed by atoms with Gasteiger partial charge in [0, 0.05) is 6.04 Å². The molecule has 88 valence electrons. The van der Waals surface area contributed by atoms with E-state index in [4.69, 9.17) is 4.74 Å². The number of hydrogen-bond donors (Lipinski definition) is 1. The molecule has 0 unspecified atom stereocenters. The van der Waals surface area contributed by atoms with E-state index in [1.807, 2.05) is 0 Å². The third-order valence-electron chi connectivity index (χ3n) is 2.77. The van der Waals surface area contributed by atoms with Gasteiger partial charge in [0.2, 0.25) is 0 Å². The summed E-state index contributed by atoms with van der Waals surface area (Å²) in [5.74, 6) is 0.953. The Hall–Kier alpha value is -1.02. The van der Waals surface area contributed by atoms with E-state index >= 15 is 0 Å². The number of ether oxygens (including phenoxy) is 1. The Morgan fingerprint density at radius 2 is 1.88 bits per heavy atom. The smallest absolute Gasteiger partial charge is 0.120 e. The van der Waals surface area contributed by atoms with Crippen LogP contribution in [0.1, 0.15) is 45.2 Å². The molecule has 0 spiro atoms. The quantitative estimate of drug-likeness (QED) is 0.824. The first-order valence-electron chi connectivity index (χ1n) is 6.07. The molecule has 1 fully saturated rings. The molecule has 1 aliphatic rings. The van der Waals surface area contributed by atoms with Crippen molar-refractivity contribution in [1.82, 2.24) is 5.32 Å². The van der Waals surface area contributed by atoms with Gasteiger partial charge >= 0.3 is 0 Å². The number of rotatable bonds is 2. The molecule has 0 amide bonds. The van der Waals surface area contributed by atoms with E-state index in [1.165, 1.54) is 18.4 Å². The van der Waals surface area contributed by atoms with Crippen LogP contribution in [0.15, 0.2) is 24.3 Å². The van der Waals surface area contributed by atoms with Crippen molar-refractivity contribution in [2.75, 3.05) is 6.54 Å². The lowest BCUT2D eigenvalue weighted by Crippen LogP contribution is -2.23. The molecule has 1 aromatic rings. The topological polar surface area (TPSA) is 21.3 Å². The summed E-state index contributed by atoms with van der Waals surface area (Å²) in [4.78, 5) is 0. The predicted octanol–water partition coefficient (Wildman–Crippen LogP) is 3.29. The number of nitrogens with one attached hydrogen (secondary N) is 1. The Balaban J connectivity index is 2.04. The molecule has 2 heteroatoms. The summed E-state index contributed by atoms with van der Waals surface area (Å²) >= 11 is 0. The van der Waals surface area contributed by atoms with Crippen molar-refractivity contribution in [1.29, 1.82) is 0 Å². The lowest BCUT2D eigenvalue weighted by molar-refractivity contribution is 0.131. The summed E-state index contributed by atoms with van der Waals surface area (Å²) in [6, 6.07) is 9.03. The second-order valence-corrected chi connectivity index (χ2v) is 5.43. The van der Waals surface area contributed by atoms with Crippen molar-refractivity contribution in [3.8, 4) is 5.75 Å². The zero-order valence-electron chi connectivity index (χ0n) is 10.4. The summed E-state index contributed by atoms with van der Waals surface area (Å²) < 4.78 is 5.80. The van der Waals surface area contributed by atoms with E-state index in [0.29, 0.717) is 6.04 Å². The first-order valence-corrected chi connectivity index (χ1v) is 6.07. The fourth-order valence-electron chi connectivity index (χ4n) is 2.09. The molecule has 0 radical (unpaired) electrons. The summed E-state index contributed by atoms with van der Waals surface area (Å²) in [5.41, 5.74) is 1.26. The van der Waals surface area contributed by atoms with Gasteiger partial charge in [0.25, 0.3) is 0 Å². The van der Waals surface area contributed by atoms with Crippen molar-refractivity contribution < 1.29 is 4.74 Å². The summed E-state index contributed by atoms with van der Waals surface area (Å²) in [5, 5.41) is 3.50. The summed E-state index contributed by atoms with van der Waals surface area (Å²) in [6.45, 7) is 7.35. The van der Waals surface area contributed by atoms with Crippen molar-refractivity contribution in [3.05, 3.63) is 29.8 Å². The van der Waals surface area contributed by atoms with Crippen LogP contribution >= 0.6 is 0 Å². The molecule has 1 saturated heterocycles. The SMILES string of the molecule is CC(C)(C)Oc1ccc([C@@H]2CCCN2)cc1. The van der Waals surface area contributed by atoms with E-state index in [0.717, 1.165) is 12.3 Å². The van der Waals surface area contributed by atoms with Crippen LogP contribution < -0.4 is 10.1 Å². The highest BCUT2D eigenvalue weighted by Crippen LogP contribution is 2.25. The molecule has 0 saturated carbocycles. The maximum Gasteiger partial charge on any atom is 0.120 e. The lowest BCUT2D eigenvalue weighted by atomic mass is 10.1. The van der Waals surface area contributed by atoms with Gasteiger partial charge in [-0.1, -0.05) is 12.1 Å². The van der Waals surface area contributed by atoms with Gasteiger partial charge in [-0.25, -0.2) is 0 Å². The van der Waals surface area contributed by atoms with Crippen LogP contribution in [0.2, 0.25) is 0 Å². The fraction of sp³-hybridized carbons (Fsp3) is 0.571. The fourth-order valence-corrected chi connectivity index (χ4v) is 2.09. The third kappa shape index (κ3) is 2.99. The molecule has 0 bridgehead atoms. The molecule has 0 aromatic heterocycles. The van der Waals surface area contributed by atoms with Gasteiger partial charge in [-0.15, -0.1) is 0 Å². The highest BCUT2D eigenvalue weighted by Gasteiger charge is 2.16. The Labute approximate surface area is 98.0 Å². The summed E-state index contributed by atoms with van der Waals surface area (Å²) in [6.07, 6.45) is 2.53. The van der Waals surface area contributed by atoms with E-state index in [-0.39, 0.29) is 5.60 Å². The van der Waals surface area contributed by atoms with Gasteiger partial charge in [-0.05, 0) is 57.9 Å². The van der Waals surface area contributed by atoms with Crippen molar-refractivity contribution in [2.24, 2.45) is 0 Å². The van der Waals surface area contributed by atoms with Crippen LogP contribution in [0.4, 0.5) is 0 Å². The minimum absolute atomic E-state index is 0.118. The van der Waals surface area contributed by atoms with Crippen LogP contribution in [-0.2, 0) is 0 Å². The Morgan fingerprint density at radius 1 is 1.19 bits per heavy atom. The van der Waals surface area contributed by atoms with Crippen molar-refractivity contribution in [3.63, 3.8) is 0 Å². The van der Waals surface area contributed by atoms with Gasteiger partial charge in [0.1, 0.15) is 11.4 Å². The van der Waals surface area contributed by atoms with Gasteiger partial charge in [0.15, 0.2) is 0 Å². The zero-order valence-corrected chi connectivity index (χ0v) is 10.4. The molecule has 2 nitrogen and oxygen atoms in total. The Bertz CT molecular complexity index is 331. The number of hydrogen-bond acceptors (Lipinski definition) is 2. The first-order chi connectivity index (χ1) is 7.54. The molecule has 1 N–H and O–H groups in total. The Morgan fingerprint density at radius 3 is 2.38 bits per heavy atom. The Kier molecular flexibility index (Phi) is 3.20. The molecule has 0 aliphatic carbocycles. The van der Waals surface area contributed by atoms with Crippen LogP contribution in [0, 0.1) is 0 Å². The second kappa shape index (κ2) is 4.46. The maximum atomic E-state index is 5.80. The van der Waals surface area contributed by atoms with Gasteiger partial charge in [0.05, 0.1) is 0 Å². The minimum atomic E-state index is -0.118. The van der Waals surface area contributed by atoms with Crippen molar-refractivity contribution in [2.45, 2.75) is 45.3 Å². The molecule has 1 heterocycles. The van der Waals surface area contributed by atoms with E-state index in [2.05, 4.69) is 50.4 Å². The summed E-state index contributed by atoms with van der Waals surface area (Å²) in [7, 11) is 0. The van der Waals surface area contributed by atoms with Crippen LogP contribution in [0.3, 0.4) is 0 Å².